The molecule has 32 heavy (non-hydrogen) atoms. The lowest BCUT2D eigenvalue weighted by atomic mass is 9.87. The number of alkyl halides is 2. The molecule has 0 bridgehead atoms. The Morgan fingerprint density at radius 2 is 1.84 bits per heavy atom. The van der Waals surface area contributed by atoms with Crippen LogP contribution in [0, 0.1) is 0 Å². The van der Waals surface area contributed by atoms with E-state index in [9.17, 15) is 25.2 Å². The molecular weight excluding hydrogens is 506 g/mol. The predicted molar refractivity (Wildman–Crippen MR) is 120 cm³/mol. The van der Waals surface area contributed by atoms with Crippen LogP contribution in [0.1, 0.15) is 22.8 Å². The Hall–Kier alpha value is -1.98. The number of fused-ring (bicyclic) bond motifs is 1. The molecule has 2 aromatic carbocycles. The number of ketones is 1. The van der Waals surface area contributed by atoms with Gasteiger partial charge in [0.05, 0.1) is 17.7 Å². The molecule has 1 aliphatic heterocycles. The molecule has 0 radical (unpaired) electrons. The van der Waals surface area contributed by atoms with E-state index >= 15 is 0 Å². The number of carbonyl (C=O) groups excluding carboxylic acids is 1. The number of nitrogens with one attached hydrogen (secondary N) is 1. The molecule has 0 spiro atoms. The van der Waals surface area contributed by atoms with E-state index in [4.69, 9.17) is 21.1 Å². The number of hydrogen-bond acceptors (Lipinski definition) is 7. The first-order valence-corrected chi connectivity index (χ1v) is 10.9. The molecule has 1 aliphatic rings. The highest BCUT2D eigenvalue weighted by molar-refractivity contribution is 9.10. The molecule has 5 atom stereocenters. The van der Waals surface area contributed by atoms with Crippen molar-refractivity contribution in [1.82, 2.24) is 4.98 Å². The highest BCUT2D eigenvalue weighted by Crippen LogP contribution is 2.53. The number of H-pyrrole nitrogens is 1. The summed E-state index contributed by atoms with van der Waals surface area (Å²) in [6, 6.07) is 13.4. The van der Waals surface area contributed by atoms with Gasteiger partial charge in [0.1, 0.15) is 11.9 Å². The van der Waals surface area contributed by atoms with Gasteiger partial charge in [-0.2, -0.15) is 0 Å². The van der Waals surface area contributed by atoms with Gasteiger partial charge in [-0.05, 0) is 41.1 Å². The summed E-state index contributed by atoms with van der Waals surface area (Å²) in [6.07, 6.45) is -2.47. The molecule has 170 valence electrons. The van der Waals surface area contributed by atoms with Crippen LogP contribution in [0.5, 0.6) is 5.75 Å². The minimum Gasteiger partial charge on any atom is -0.454 e. The second-order valence-corrected chi connectivity index (χ2v) is 9.48. The van der Waals surface area contributed by atoms with Crippen molar-refractivity contribution in [3.05, 3.63) is 65.9 Å². The molecule has 10 heteroatoms. The van der Waals surface area contributed by atoms with Crippen LogP contribution in [-0.4, -0.2) is 59.6 Å². The van der Waals surface area contributed by atoms with Gasteiger partial charge in [0, 0.05) is 17.1 Å². The van der Waals surface area contributed by atoms with Crippen molar-refractivity contribution in [3.63, 3.8) is 0 Å². The van der Waals surface area contributed by atoms with Crippen molar-refractivity contribution in [2.75, 3.05) is 6.61 Å². The summed E-state index contributed by atoms with van der Waals surface area (Å²) in [6.45, 7) is 0.464. The Kier molecular flexibility index (Phi) is 5.87. The van der Waals surface area contributed by atoms with Gasteiger partial charge in [0.2, 0.25) is 5.06 Å². The topological polar surface area (TPSA) is 132 Å². The number of carbonyl (C=O) groups is 1. The fourth-order valence-electron chi connectivity index (χ4n) is 3.87. The zero-order chi connectivity index (χ0) is 23.3. The van der Waals surface area contributed by atoms with E-state index in [0.29, 0.717) is 10.9 Å². The summed E-state index contributed by atoms with van der Waals surface area (Å²) in [4.78, 5) is 15.2. The Bertz CT molecular complexity index is 1170. The smallest absolute Gasteiger partial charge is 0.269 e. The van der Waals surface area contributed by atoms with E-state index in [0.717, 1.165) is 0 Å². The maximum atomic E-state index is 12.2. The van der Waals surface area contributed by atoms with Crippen LogP contribution in [0.25, 0.3) is 10.9 Å². The Morgan fingerprint density at radius 1 is 1.19 bits per heavy atom. The van der Waals surface area contributed by atoms with Gasteiger partial charge >= 0.3 is 0 Å². The van der Waals surface area contributed by atoms with E-state index in [-0.39, 0.29) is 22.7 Å². The van der Waals surface area contributed by atoms with E-state index in [1.807, 2.05) is 0 Å². The monoisotopic (exact) mass is 525 g/mol. The van der Waals surface area contributed by atoms with Crippen molar-refractivity contribution in [2.24, 2.45) is 0 Å². The number of aromatic amines is 1. The zero-order valence-corrected chi connectivity index (χ0v) is 19.2. The number of aliphatic hydroxyl groups is 4. The first-order valence-electron chi connectivity index (χ1n) is 9.70. The van der Waals surface area contributed by atoms with Crippen LogP contribution in [0.3, 0.4) is 0 Å². The number of rotatable bonds is 5. The van der Waals surface area contributed by atoms with Gasteiger partial charge < -0.3 is 34.9 Å². The molecule has 4 rings (SSSR count). The maximum Gasteiger partial charge on any atom is 0.269 e. The Morgan fingerprint density at radius 3 is 2.53 bits per heavy atom. The fourth-order valence-corrected chi connectivity index (χ4v) is 4.57. The summed E-state index contributed by atoms with van der Waals surface area (Å²) in [5.74, 6) is -2.44. The van der Waals surface area contributed by atoms with Gasteiger partial charge in [0.15, 0.2) is 16.4 Å². The van der Waals surface area contributed by atoms with Crippen molar-refractivity contribution in [1.29, 1.82) is 0 Å². The highest BCUT2D eigenvalue weighted by Gasteiger charge is 2.69. The predicted octanol–water partition coefficient (Wildman–Crippen LogP) is 2.37. The van der Waals surface area contributed by atoms with Gasteiger partial charge in [-0.15, -0.1) is 0 Å². The number of aromatic nitrogens is 1. The standard InChI is InChI=1S/C22H21BrClNO7/c1-12(27)13-6-3-5-9-17(13)31-21(15-10-25-16-8-4-2-7-14(15)16)18(28)19(29)22(24,30)20(23,11-26)32-21/h2-10,18-19,25-26,28-30H,11H2,1H3/t18-,19-,20-,21-,22-/m1/s1. The van der Waals surface area contributed by atoms with Crippen LogP contribution < -0.4 is 4.74 Å². The number of benzene rings is 2. The van der Waals surface area contributed by atoms with Crippen molar-refractivity contribution < 1.29 is 34.7 Å². The zero-order valence-electron chi connectivity index (χ0n) is 16.8. The Labute approximate surface area is 196 Å². The van der Waals surface area contributed by atoms with Crippen molar-refractivity contribution in [2.45, 2.75) is 34.5 Å². The highest BCUT2D eigenvalue weighted by atomic mass is 79.9. The molecule has 1 aromatic heterocycles. The number of aliphatic hydroxyl groups excluding tert-OH is 3. The largest absolute Gasteiger partial charge is 0.454 e. The van der Waals surface area contributed by atoms with Crippen LogP contribution in [0.15, 0.2) is 54.7 Å². The quantitative estimate of drug-likeness (QED) is 0.255. The first kappa shape index (κ1) is 23.2. The minimum atomic E-state index is -2.62. The second-order valence-electron chi connectivity index (χ2n) is 7.62. The van der Waals surface area contributed by atoms with Crippen molar-refractivity contribution >= 4 is 44.2 Å². The van der Waals surface area contributed by atoms with Crippen LogP contribution in [-0.2, 0) is 10.5 Å². The number of hydrogen-bond donors (Lipinski definition) is 5. The molecule has 1 fully saturated rings. The van der Waals surface area contributed by atoms with E-state index < -0.39 is 34.2 Å². The average molecular weight is 527 g/mol. The van der Waals surface area contributed by atoms with Gasteiger partial charge in [0.25, 0.3) is 5.79 Å². The minimum absolute atomic E-state index is 0.0596. The van der Waals surface area contributed by atoms with Gasteiger partial charge in [-0.3, -0.25) is 4.79 Å². The molecule has 8 nitrogen and oxygen atoms in total. The molecule has 0 amide bonds. The van der Waals surface area contributed by atoms with Crippen LogP contribution in [0.4, 0.5) is 0 Å². The third-order valence-electron chi connectivity index (χ3n) is 5.61. The lowest BCUT2D eigenvalue weighted by Crippen LogP contribution is -2.73. The Balaban J connectivity index is 1.99. The number of para-hydroxylation sites is 2. The second kappa shape index (κ2) is 8.11. The first-order chi connectivity index (χ1) is 15.1. The molecule has 0 aliphatic carbocycles. The van der Waals surface area contributed by atoms with Gasteiger partial charge in [-0.25, -0.2) is 0 Å². The molecule has 3 aromatic rings. The summed E-state index contributed by atoms with van der Waals surface area (Å²) in [5.41, 5.74) is 1.13. The summed E-state index contributed by atoms with van der Waals surface area (Å²) < 4.78 is 10.0. The molecule has 0 unspecified atom stereocenters. The van der Waals surface area contributed by atoms with Gasteiger partial charge in [-0.1, -0.05) is 41.9 Å². The number of ether oxygens (including phenoxy) is 2. The molecular formula is C22H21BrClNO7. The molecule has 2 heterocycles. The SMILES string of the molecule is CC(=O)c1ccccc1O[C@]1(c2c[nH]c3ccccc23)O[C@](Br)(CO)[C@@](O)(Cl)[C@H](O)[C@H]1O. The summed E-state index contributed by atoms with van der Waals surface area (Å²) in [7, 11) is 0. The fraction of sp³-hybridized carbons (Fsp3) is 0.318. The summed E-state index contributed by atoms with van der Waals surface area (Å²) in [5, 5.41) is 40.7. The molecule has 0 saturated carbocycles. The summed E-state index contributed by atoms with van der Waals surface area (Å²) >= 11 is 9.20. The third-order valence-corrected chi connectivity index (χ3v) is 7.39. The molecule has 5 N–H and O–H groups in total. The number of halogens is 2. The van der Waals surface area contributed by atoms with Crippen LogP contribution >= 0.6 is 27.5 Å². The third kappa shape index (κ3) is 3.36. The number of Topliss-reactive ketones (excluding diaryl/α,β-unsaturated/α-hetero) is 1. The lowest BCUT2D eigenvalue weighted by Gasteiger charge is -2.54. The maximum absolute atomic E-state index is 12.2. The molecule has 1 saturated heterocycles. The normalized spacial score (nSPS) is 32.7. The average Bonchev–Trinajstić information content (AvgIpc) is 3.21. The van der Waals surface area contributed by atoms with Crippen molar-refractivity contribution in [3.8, 4) is 5.75 Å². The van der Waals surface area contributed by atoms with E-state index in [2.05, 4.69) is 20.9 Å². The van der Waals surface area contributed by atoms with E-state index in [1.165, 1.54) is 25.3 Å². The van der Waals surface area contributed by atoms with Crippen LogP contribution in [0.2, 0.25) is 0 Å². The van der Waals surface area contributed by atoms with E-state index in [1.54, 1.807) is 36.4 Å². The lowest BCUT2D eigenvalue weighted by molar-refractivity contribution is -0.363.